The van der Waals surface area contributed by atoms with Crippen molar-refractivity contribution in [1.29, 1.82) is 0 Å². The van der Waals surface area contributed by atoms with Crippen LogP contribution >= 0.6 is 0 Å². The molecule has 1 aromatic carbocycles. The molecule has 0 saturated heterocycles. The number of benzene rings is 1. The molecular formula is C13H16O2. The van der Waals surface area contributed by atoms with E-state index in [2.05, 4.69) is 0 Å². The van der Waals surface area contributed by atoms with Crippen molar-refractivity contribution in [3.8, 4) is 5.75 Å². The molecule has 15 heavy (non-hydrogen) atoms. The van der Waals surface area contributed by atoms with Gasteiger partial charge in [0, 0.05) is 12.3 Å². The van der Waals surface area contributed by atoms with E-state index in [0.29, 0.717) is 12.4 Å². The molecule has 0 N–H and O–H groups in total. The van der Waals surface area contributed by atoms with Crippen molar-refractivity contribution in [2.45, 2.75) is 32.1 Å². The van der Waals surface area contributed by atoms with E-state index in [0.717, 1.165) is 30.6 Å². The summed E-state index contributed by atoms with van der Waals surface area (Å²) in [6.45, 7) is 2.63. The van der Waals surface area contributed by atoms with Crippen LogP contribution in [-0.2, 0) is 4.79 Å². The van der Waals surface area contributed by atoms with Gasteiger partial charge in [-0.05, 0) is 37.5 Å². The second kappa shape index (κ2) is 4.47. The van der Waals surface area contributed by atoms with E-state index in [1.165, 1.54) is 0 Å². The van der Waals surface area contributed by atoms with Crippen molar-refractivity contribution in [3.63, 3.8) is 0 Å². The van der Waals surface area contributed by atoms with E-state index in [-0.39, 0.29) is 5.92 Å². The van der Waals surface area contributed by atoms with E-state index < -0.39 is 0 Å². The van der Waals surface area contributed by atoms with Crippen LogP contribution in [0.15, 0.2) is 24.3 Å². The summed E-state index contributed by atoms with van der Waals surface area (Å²) in [7, 11) is 0. The van der Waals surface area contributed by atoms with E-state index in [9.17, 15) is 4.79 Å². The summed E-state index contributed by atoms with van der Waals surface area (Å²) in [5.41, 5.74) is 1.11. The summed E-state index contributed by atoms with van der Waals surface area (Å²) in [4.78, 5) is 11.6. The summed E-state index contributed by atoms with van der Waals surface area (Å²) in [6, 6.07) is 7.92. The predicted molar refractivity (Wildman–Crippen MR) is 59.2 cm³/mol. The first kappa shape index (κ1) is 10.2. The molecule has 0 amide bonds. The summed E-state index contributed by atoms with van der Waals surface area (Å²) >= 11 is 0. The first-order valence-electron chi connectivity index (χ1n) is 5.56. The highest BCUT2D eigenvalue weighted by atomic mass is 16.5. The highest BCUT2D eigenvalue weighted by molar-refractivity contribution is 5.87. The van der Waals surface area contributed by atoms with Crippen LogP contribution in [0.4, 0.5) is 0 Å². The van der Waals surface area contributed by atoms with Gasteiger partial charge in [-0.1, -0.05) is 12.1 Å². The number of Topliss-reactive ketones (excluding diaryl/α,β-unsaturated/α-hetero) is 1. The molecule has 1 aliphatic carbocycles. The Morgan fingerprint density at radius 3 is 3.00 bits per heavy atom. The fourth-order valence-corrected chi connectivity index (χ4v) is 2.16. The molecule has 0 heterocycles. The van der Waals surface area contributed by atoms with Crippen molar-refractivity contribution in [2.24, 2.45) is 0 Å². The van der Waals surface area contributed by atoms with Gasteiger partial charge in [0.25, 0.3) is 0 Å². The van der Waals surface area contributed by atoms with E-state index in [1.807, 2.05) is 31.2 Å². The lowest BCUT2D eigenvalue weighted by molar-refractivity contribution is -0.118. The zero-order valence-electron chi connectivity index (χ0n) is 9.03. The largest absolute Gasteiger partial charge is 0.494 e. The minimum absolute atomic E-state index is 0.116. The lowest BCUT2D eigenvalue weighted by atomic mass is 9.97. The number of carbonyl (C=O) groups excluding carboxylic acids is 1. The molecule has 1 aromatic rings. The molecule has 0 spiro atoms. The SMILES string of the molecule is CCOc1cccc(C2CCCC2=O)c1. The molecule has 1 atom stereocenters. The number of carbonyl (C=O) groups is 1. The molecule has 2 heteroatoms. The van der Waals surface area contributed by atoms with Gasteiger partial charge in [-0.2, -0.15) is 0 Å². The molecule has 0 radical (unpaired) electrons. The Kier molecular flexibility index (Phi) is 3.05. The minimum Gasteiger partial charge on any atom is -0.494 e. The molecular weight excluding hydrogens is 188 g/mol. The molecule has 1 fully saturated rings. The van der Waals surface area contributed by atoms with Crippen LogP contribution in [0.1, 0.15) is 37.7 Å². The molecule has 1 unspecified atom stereocenters. The van der Waals surface area contributed by atoms with E-state index in [4.69, 9.17) is 4.74 Å². The second-order valence-corrected chi connectivity index (χ2v) is 3.92. The van der Waals surface area contributed by atoms with Gasteiger partial charge in [0.1, 0.15) is 11.5 Å². The number of hydrogen-bond acceptors (Lipinski definition) is 2. The maximum atomic E-state index is 11.6. The van der Waals surface area contributed by atoms with Crippen molar-refractivity contribution < 1.29 is 9.53 Å². The third kappa shape index (κ3) is 2.20. The van der Waals surface area contributed by atoms with Crippen molar-refractivity contribution in [3.05, 3.63) is 29.8 Å². The summed E-state index contributed by atoms with van der Waals surface area (Å²) in [6.07, 6.45) is 2.76. The van der Waals surface area contributed by atoms with Gasteiger partial charge in [0.05, 0.1) is 6.61 Å². The Labute approximate surface area is 90.3 Å². The molecule has 1 saturated carbocycles. The molecule has 1 aliphatic rings. The third-order valence-corrected chi connectivity index (χ3v) is 2.88. The Morgan fingerprint density at radius 2 is 2.33 bits per heavy atom. The van der Waals surface area contributed by atoms with E-state index in [1.54, 1.807) is 0 Å². The Hall–Kier alpha value is -1.31. The summed E-state index contributed by atoms with van der Waals surface area (Å²) in [5, 5.41) is 0. The fraction of sp³-hybridized carbons (Fsp3) is 0.462. The topological polar surface area (TPSA) is 26.3 Å². The van der Waals surface area contributed by atoms with Gasteiger partial charge in [-0.15, -0.1) is 0 Å². The maximum absolute atomic E-state index is 11.6. The van der Waals surface area contributed by atoms with Crippen LogP contribution in [0.5, 0.6) is 5.75 Å². The molecule has 0 aromatic heterocycles. The van der Waals surface area contributed by atoms with E-state index >= 15 is 0 Å². The first-order chi connectivity index (χ1) is 7.31. The molecule has 0 aliphatic heterocycles. The molecule has 2 rings (SSSR count). The standard InChI is InChI=1S/C13H16O2/c1-2-15-11-6-3-5-10(9-11)12-7-4-8-13(12)14/h3,5-6,9,12H,2,4,7-8H2,1H3. The van der Waals surface area contributed by atoms with Crippen LogP contribution in [0.25, 0.3) is 0 Å². The summed E-state index contributed by atoms with van der Waals surface area (Å²) in [5.74, 6) is 1.36. The smallest absolute Gasteiger partial charge is 0.140 e. The maximum Gasteiger partial charge on any atom is 0.140 e. The number of rotatable bonds is 3. The number of ether oxygens (including phenoxy) is 1. The van der Waals surface area contributed by atoms with Gasteiger partial charge in [0.15, 0.2) is 0 Å². The van der Waals surface area contributed by atoms with Crippen LogP contribution in [0.2, 0.25) is 0 Å². The average Bonchev–Trinajstić information content (AvgIpc) is 2.65. The zero-order chi connectivity index (χ0) is 10.7. The van der Waals surface area contributed by atoms with Gasteiger partial charge in [-0.3, -0.25) is 4.79 Å². The van der Waals surface area contributed by atoms with Crippen LogP contribution in [-0.4, -0.2) is 12.4 Å². The lowest BCUT2D eigenvalue weighted by Crippen LogP contribution is -2.04. The number of ketones is 1. The molecule has 2 nitrogen and oxygen atoms in total. The van der Waals surface area contributed by atoms with Crippen molar-refractivity contribution in [1.82, 2.24) is 0 Å². The van der Waals surface area contributed by atoms with Crippen LogP contribution < -0.4 is 4.74 Å². The van der Waals surface area contributed by atoms with Crippen molar-refractivity contribution in [2.75, 3.05) is 6.61 Å². The van der Waals surface area contributed by atoms with Gasteiger partial charge < -0.3 is 4.74 Å². The van der Waals surface area contributed by atoms with Crippen molar-refractivity contribution >= 4 is 5.78 Å². The lowest BCUT2D eigenvalue weighted by Gasteiger charge is -2.10. The third-order valence-electron chi connectivity index (χ3n) is 2.88. The molecule has 0 bridgehead atoms. The quantitative estimate of drug-likeness (QED) is 0.756. The van der Waals surface area contributed by atoms with Crippen LogP contribution in [0, 0.1) is 0 Å². The van der Waals surface area contributed by atoms with Gasteiger partial charge in [-0.25, -0.2) is 0 Å². The predicted octanol–water partition coefficient (Wildman–Crippen LogP) is 2.92. The monoisotopic (exact) mass is 204 g/mol. The molecule has 80 valence electrons. The highest BCUT2D eigenvalue weighted by Gasteiger charge is 2.25. The first-order valence-corrected chi connectivity index (χ1v) is 5.56. The normalized spacial score (nSPS) is 20.6. The Balaban J connectivity index is 2.20. The Bertz CT molecular complexity index is 357. The second-order valence-electron chi connectivity index (χ2n) is 3.92. The number of hydrogen-bond donors (Lipinski definition) is 0. The Morgan fingerprint density at radius 1 is 1.47 bits per heavy atom. The highest BCUT2D eigenvalue weighted by Crippen LogP contribution is 2.32. The average molecular weight is 204 g/mol. The minimum atomic E-state index is 0.116. The zero-order valence-corrected chi connectivity index (χ0v) is 9.03. The van der Waals surface area contributed by atoms with Gasteiger partial charge in [0.2, 0.25) is 0 Å². The summed E-state index contributed by atoms with van der Waals surface area (Å²) < 4.78 is 5.43. The fourth-order valence-electron chi connectivity index (χ4n) is 2.16. The van der Waals surface area contributed by atoms with Crippen LogP contribution in [0.3, 0.4) is 0 Å². The van der Waals surface area contributed by atoms with Gasteiger partial charge >= 0.3 is 0 Å².